The first-order valence-electron chi connectivity index (χ1n) is 5.81. The normalized spacial score (nSPS) is 13.9. The standard InChI is InChI=1S/C14H15ClO3/c1-7(2)10-5-12(15)8(3)11-4-9(14(16)17)6-18-13(10)11/h4-5,7H,6H2,1-3H3,(H,16,17). The van der Waals surface area contributed by atoms with Gasteiger partial charge in [-0.15, -0.1) is 0 Å². The summed E-state index contributed by atoms with van der Waals surface area (Å²) >= 11 is 6.19. The van der Waals surface area contributed by atoms with Crippen LogP contribution in [0.5, 0.6) is 5.75 Å². The summed E-state index contributed by atoms with van der Waals surface area (Å²) in [5.74, 6) is 0.0830. The fraction of sp³-hybridized carbons (Fsp3) is 0.357. The maximum atomic E-state index is 11.0. The summed E-state index contributed by atoms with van der Waals surface area (Å²) in [6.07, 6.45) is 1.66. The van der Waals surface area contributed by atoms with Gasteiger partial charge in [0.2, 0.25) is 0 Å². The molecule has 0 atom stereocenters. The second-order valence-corrected chi connectivity index (χ2v) is 5.14. The van der Waals surface area contributed by atoms with E-state index in [1.54, 1.807) is 6.08 Å². The smallest absolute Gasteiger partial charge is 0.335 e. The molecular formula is C14H15ClO3. The van der Waals surface area contributed by atoms with Crippen molar-refractivity contribution in [2.24, 2.45) is 0 Å². The molecule has 1 heterocycles. The van der Waals surface area contributed by atoms with Crippen molar-refractivity contribution in [2.75, 3.05) is 6.61 Å². The number of ether oxygens (including phenoxy) is 1. The van der Waals surface area contributed by atoms with E-state index in [0.29, 0.717) is 5.02 Å². The number of aliphatic carboxylic acids is 1. The Bertz CT molecular complexity index is 544. The van der Waals surface area contributed by atoms with E-state index in [1.165, 1.54) is 0 Å². The Hall–Kier alpha value is -1.48. The molecule has 0 aliphatic carbocycles. The number of rotatable bonds is 2. The first-order valence-corrected chi connectivity index (χ1v) is 6.19. The van der Waals surface area contributed by atoms with Crippen LogP contribution in [0.4, 0.5) is 0 Å². The molecule has 18 heavy (non-hydrogen) atoms. The van der Waals surface area contributed by atoms with Crippen LogP contribution in [0, 0.1) is 6.92 Å². The van der Waals surface area contributed by atoms with Gasteiger partial charge < -0.3 is 9.84 Å². The highest BCUT2D eigenvalue weighted by atomic mass is 35.5. The van der Waals surface area contributed by atoms with Crippen molar-refractivity contribution in [2.45, 2.75) is 26.7 Å². The molecule has 0 radical (unpaired) electrons. The third kappa shape index (κ3) is 2.10. The molecule has 1 N–H and O–H groups in total. The minimum Gasteiger partial charge on any atom is -0.488 e. The molecule has 0 fully saturated rings. The van der Waals surface area contributed by atoms with Gasteiger partial charge >= 0.3 is 5.97 Å². The van der Waals surface area contributed by atoms with Gasteiger partial charge in [0.25, 0.3) is 0 Å². The van der Waals surface area contributed by atoms with Crippen LogP contribution in [0.2, 0.25) is 5.02 Å². The van der Waals surface area contributed by atoms with Crippen molar-refractivity contribution in [3.63, 3.8) is 0 Å². The van der Waals surface area contributed by atoms with Crippen molar-refractivity contribution in [3.8, 4) is 5.75 Å². The fourth-order valence-corrected chi connectivity index (χ4v) is 2.24. The number of carbonyl (C=O) groups is 1. The highest BCUT2D eigenvalue weighted by Crippen LogP contribution is 2.39. The first kappa shape index (κ1) is 13.0. The zero-order valence-corrected chi connectivity index (χ0v) is 11.3. The van der Waals surface area contributed by atoms with E-state index in [1.807, 2.05) is 13.0 Å². The molecule has 0 amide bonds. The first-order chi connectivity index (χ1) is 8.41. The highest BCUT2D eigenvalue weighted by Gasteiger charge is 2.23. The van der Waals surface area contributed by atoms with E-state index in [9.17, 15) is 4.79 Å². The van der Waals surface area contributed by atoms with Crippen LogP contribution in [0.25, 0.3) is 6.08 Å². The van der Waals surface area contributed by atoms with Crippen molar-refractivity contribution in [1.82, 2.24) is 0 Å². The maximum Gasteiger partial charge on any atom is 0.335 e. The number of benzene rings is 1. The molecule has 0 aromatic heterocycles. The summed E-state index contributed by atoms with van der Waals surface area (Å²) in [5, 5.41) is 9.66. The molecule has 0 saturated carbocycles. The van der Waals surface area contributed by atoms with E-state index in [-0.39, 0.29) is 18.1 Å². The monoisotopic (exact) mass is 266 g/mol. The molecule has 0 unspecified atom stereocenters. The number of carboxylic acid groups (broad SMARTS) is 1. The van der Waals surface area contributed by atoms with Crippen molar-refractivity contribution in [1.29, 1.82) is 0 Å². The Morgan fingerprint density at radius 2 is 2.17 bits per heavy atom. The number of hydrogen-bond donors (Lipinski definition) is 1. The van der Waals surface area contributed by atoms with E-state index >= 15 is 0 Å². The molecule has 1 aliphatic heterocycles. The third-order valence-corrected chi connectivity index (χ3v) is 3.53. The van der Waals surface area contributed by atoms with Crippen LogP contribution in [0.15, 0.2) is 11.6 Å². The predicted molar refractivity (Wildman–Crippen MR) is 71.4 cm³/mol. The average molecular weight is 267 g/mol. The zero-order chi connectivity index (χ0) is 13.4. The molecule has 96 valence electrons. The number of fused-ring (bicyclic) bond motifs is 1. The molecule has 1 aliphatic rings. The van der Waals surface area contributed by atoms with Gasteiger partial charge in [0.15, 0.2) is 0 Å². The largest absolute Gasteiger partial charge is 0.488 e. The predicted octanol–water partition coefficient (Wildman–Crippen LogP) is 3.63. The summed E-state index contributed by atoms with van der Waals surface area (Å²) in [6, 6.07) is 1.90. The van der Waals surface area contributed by atoms with E-state index in [0.717, 1.165) is 22.4 Å². The average Bonchev–Trinajstić information content (AvgIpc) is 2.32. The Morgan fingerprint density at radius 1 is 1.50 bits per heavy atom. The molecule has 0 saturated heterocycles. The molecule has 3 nitrogen and oxygen atoms in total. The van der Waals surface area contributed by atoms with Crippen LogP contribution in [0.1, 0.15) is 36.5 Å². The van der Waals surface area contributed by atoms with Crippen molar-refractivity contribution < 1.29 is 14.6 Å². The van der Waals surface area contributed by atoms with Gasteiger partial charge in [-0.25, -0.2) is 4.79 Å². The summed E-state index contributed by atoms with van der Waals surface area (Å²) < 4.78 is 5.62. The lowest BCUT2D eigenvalue weighted by molar-refractivity contribution is -0.132. The summed E-state index contributed by atoms with van der Waals surface area (Å²) in [6.45, 7) is 6.08. The van der Waals surface area contributed by atoms with Gasteiger partial charge in [-0.3, -0.25) is 0 Å². The Morgan fingerprint density at radius 3 is 2.72 bits per heavy atom. The van der Waals surface area contributed by atoms with Gasteiger partial charge in [-0.05, 0) is 36.1 Å². The van der Waals surface area contributed by atoms with Crippen molar-refractivity contribution in [3.05, 3.63) is 33.4 Å². The number of halogens is 1. The zero-order valence-electron chi connectivity index (χ0n) is 10.6. The third-order valence-electron chi connectivity index (χ3n) is 3.14. The van der Waals surface area contributed by atoms with Crippen LogP contribution >= 0.6 is 11.6 Å². The van der Waals surface area contributed by atoms with Crippen LogP contribution < -0.4 is 4.74 Å². The minimum atomic E-state index is -0.953. The number of carboxylic acids is 1. The Balaban J connectivity index is 2.67. The van der Waals surface area contributed by atoms with Crippen LogP contribution in [0.3, 0.4) is 0 Å². The van der Waals surface area contributed by atoms with E-state index in [2.05, 4.69) is 13.8 Å². The topological polar surface area (TPSA) is 46.5 Å². The van der Waals surface area contributed by atoms with Crippen molar-refractivity contribution >= 4 is 23.6 Å². The number of hydrogen-bond acceptors (Lipinski definition) is 2. The van der Waals surface area contributed by atoms with Crippen LogP contribution in [-0.4, -0.2) is 17.7 Å². The fourth-order valence-electron chi connectivity index (χ4n) is 2.02. The summed E-state index contributed by atoms with van der Waals surface area (Å²) in [5.41, 5.74) is 2.91. The molecule has 0 bridgehead atoms. The highest BCUT2D eigenvalue weighted by molar-refractivity contribution is 6.31. The lowest BCUT2D eigenvalue weighted by Crippen LogP contribution is -2.16. The van der Waals surface area contributed by atoms with Gasteiger partial charge in [-0.1, -0.05) is 25.4 Å². The maximum absolute atomic E-state index is 11.0. The van der Waals surface area contributed by atoms with Gasteiger partial charge in [0.1, 0.15) is 12.4 Å². The Kier molecular flexibility index (Phi) is 3.35. The van der Waals surface area contributed by atoms with E-state index in [4.69, 9.17) is 21.4 Å². The quantitative estimate of drug-likeness (QED) is 0.889. The van der Waals surface area contributed by atoms with Gasteiger partial charge in [0, 0.05) is 10.6 Å². The molecule has 4 heteroatoms. The lowest BCUT2D eigenvalue weighted by Gasteiger charge is -2.23. The van der Waals surface area contributed by atoms with Gasteiger partial charge in [-0.2, -0.15) is 0 Å². The lowest BCUT2D eigenvalue weighted by atomic mass is 9.93. The second kappa shape index (κ2) is 4.65. The Labute approximate surface area is 111 Å². The molecule has 1 aromatic rings. The molecule has 2 rings (SSSR count). The molecular weight excluding hydrogens is 252 g/mol. The van der Waals surface area contributed by atoms with Crippen LogP contribution in [-0.2, 0) is 4.79 Å². The second-order valence-electron chi connectivity index (χ2n) is 4.73. The summed E-state index contributed by atoms with van der Waals surface area (Å²) in [4.78, 5) is 11.0. The molecule has 0 spiro atoms. The van der Waals surface area contributed by atoms with Gasteiger partial charge in [0.05, 0.1) is 5.57 Å². The van der Waals surface area contributed by atoms with E-state index < -0.39 is 5.97 Å². The molecule has 1 aromatic carbocycles. The summed E-state index contributed by atoms with van der Waals surface area (Å²) in [7, 11) is 0. The minimum absolute atomic E-state index is 0.100. The SMILES string of the molecule is Cc1c(Cl)cc(C(C)C)c2c1C=C(C(=O)O)CO2.